The van der Waals surface area contributed by atoms with Crippen molar-refractivity contribution in [2.75, 3.05) is 38.0 Å². The van der Waals surface area contributed by atoms with Gasteiger partial charge >= 0.3 is 0 Å². The van der Waals surface area contributed by atoms with Crippen molar-refractivity contribution < 1.29 is 4.79 Å². The van der Waals surface area contributed by atoms with E-state index in [1.54, 1.807) is 12.4 Å². The summed E-state index contributed by atoms with van der Waals surface area (Å²) in [6.07, 6.45) is 5.66. The van der Waals surface area contributed by atoms with Crippen LogP contribution in [0.4, 0.5) is 5.82 Å². The third kappa shape index (κ3) is 2.60. The fourth-order valence-electron chi connectivity index (χ4n) is 3.05. The molecule has 1 aromatic rings. The first-order valence-corrected chi connectivity index (χ1v) is 7.37. The summed E-state index contributed by atoms with van der Waals surface area (Å²) in [5, 5.41) is 3.08. The normalized spacial score (nSPS) is 22.6. The maximum atomic E-state index is 12.4. The predicted molar refractivity (Wildman–Crippen MR) is 76.7 cm³/mol. The second-order valence-electron chi connectivity index (χ2n) is 5.40. The number of piperazine rings is 1. The molecule has 20 heavy (non-hydrogen) atoms. The Morgan fingerprint density at radius 3 is 3.00 bits per heavy atom. The zero-order valence-corrected chi connectivity index (χ0v) is 11.9. The molecule has 1 aromatic heterocycles. The first-order valence-electron chi connectivity index (χ1n) is 7.37. The monoisotopic (exact) mass is 275 g/mol. The number of aromatic nitrogens is 2. The van der Waals surface area contributed by atoms with Crippen LogP contribution in [0.1, 0.15) is 30.3 Å². The van der Waals surface area contributed by atoms with E-state index in [1.807, 2.05) is 11.8 Å². The second-order valence-corrected chi connectivity index (χ2v) is 5.40. The highest BCUT2D eigenvalue weighted by Crippen LogP contribution is 2.22. The van der Waals surface area contributed by atoms with Crippen LogP contribution in [0.2, 0.25) is 0 Å². The Balaban J connectivity index is 1.66. The number of amides is 1. The van der Waals surface area contributed by atoms with Gasteiger partial charge in [-0.3, -0.25) is 9.69 Å². The predicted octanol–water partition coefficient (Wildman–Crippen LogP) is 0.829. The molecule has 0 aromatic carbocycles. The lowest BCUT2D eigenvalue weighted by atomic mass is 10.1. The zero-order chi connectivity index (χ0) is 13.9. The van der Waals surface area contributed by atoms with Gasteiger partial charge in [-0.25, -0.2) is 9.97 Å². The quantitative estimate of drug-likeness (QED) is 0.885. The van der Waals surface area contributed by atoms with Crippen molar-refractivity contribution in [3.63, 3.8) is 0 Å². The van der Waals surface area contributed by atoms with Crippen molar-refractivity contribution >= 4 is 11.7 Å². The van der Waals surface area contributed by atoms with Crippen molar-refractivity contribution in [1.29, 1.82) is 0 Å². The summed E-state index contributed by atoms with van der Waals surface area (Å²) in [7, 11) is 0. The van der Waals surface area contributed by atoms with Crippen LogP contribution >= 0.6 is 0 Å². The molecule has 2 aliphatic rings. The first kappa shape index (κ1) is 13.3. The summed E-state index contributed by atoms with van der Waals surface area (Å²) < 4.78 is 0. The lowest BCUT2D eigenvalue weighted by molar-refractivity contribution is 0.0565. The molecule has 108 valence electrons. The number of carbonyl (C=O) groups is 1. The highest BCUT2D eigenvalue weighted by atomic mass is 16.2. The smallest absolute Gasteiger partial charge is 0.274 e. The van der Waals surface area contributed by atoms with E-state index in [0.29, 0.717) is 17.6 Å². The lowest BCUT2D eigenvalue weighted by Crippen LogP contribution is -2.52. The summed E-state index contributed by atoms with van der Waals surface area (Å²) in [5.74, 6) is 0.719. The standard InChI is InChI=1S/C14H21N5O/c1-2-15-13-9-16-12(8-17-13)14(20)19-7-6-18-5-3-4-11(18)10-19/h8-9,11H,2-7,10H2,1H3,(H,15,17). The molecule has 3 rings (SSSR count). The Morgan fingerprint density at radius 1 is 1.35 bits per heavy atom. The largest absolute Gasteiger partial charge is 0.369 e. The van der Waals surface area contributed by atoms with Gasteiger partial charge in [0.05, 0.1) is 12.4 Å². The number of anilines is 1. The minimum Gasteiger partial charge on any atom is -0.369 e. The van der Waals surface area contributed by atoms with Crippen LogP contribution in [0.25, 0.3) is 0 Å². The summed E-state index contributed by atoms with van der Waals surface area (Å²) in [6, 6.07) is 0.543. The van der Waals surface area contributed by atoms with Gasteiger partial charge in [0.2, 0.25) is 0 Å². The van der Waals surface area contributed by atoms with Crippen molar-refractivity contribution in [1.82, 2.24) is 19.8 Å². The zero-order valence-electron chi connectivity index (χ0n) is 11.9. The van der Waals surface area contributed by atoms with E-state index in [0.717, 1.165) is 26.2 Å². The van der Waals surface area contributed by atoms with E-state index in [-0.39, 0.29) is 5.91 Å². The number of carbonyl (C=O) groups excluding carboxylic acids is 1. The molecule has 1 N–H and O–H groups in total. The molecule has 2 aliphatic heterocycles. The Hall–Kier alpha value is -1.69. The highest BCUT2D eigenvalue weighted by molar-refractivity contribution is 5.92. The Kier molecular flexibility index (Phi) is 3.82. The van der Waals surface area contributed by atoms with Gasteiger partial charge in [-0.2, -0.15) is 0 Å². The molecule has 0 bridgehead atoms. The van der Waals surface area contributed by atoms with Gasteiger partial charge in [0.1, 0.15) is 11.5 Å². The van der Waals surface area contributed by atoms with Crippen LogP contribution in [0.5, 0.6) is 0 Å². The van der Waals surface area contributed by atoms with Gasteiger partial charge in [-0.05, 0) is 26.3 Å². The molecule has 0 radical (unpaired) electrons. The van der Waals surface area contributed by atoms with Gasteiger partial charge < -0.3 is 10.2 Å². The van der Waals surface area contributed by atoms with E-state index < -0.39 is 0 Å². The summed E-state index contributed by atoms with van der Waals surface area (Å²) >= 11 is 0. The van der Waals surface area contributed by atoms with Crippen molar-refractivity contribution in [2.24, 2.45) is 0 Å². The van der Waals surface area contributed by atoms with Gasteiger partial charge in [0.25, 0.3) is 5.91 Å². The topological polar surface area (TPSA) is 61.4 Å². The van der Waals surface area contributed by atoms with Gasteiger partial charge in [-0.15, -0.1) is 0 Å². The fourth-order valence-corrected chi connectivity index (χ4v) is 3.05. The first-order chi connectivity index (χ1) is 9.78. The van der Waals surface area contributed by atoms with E-state index in [9.17, 15) is 4.79 Å². The Morgan fingerprint density at radius 2 is 2.25 bits per heavy atom. The third-order valence-corrected chi connectivity index (χ3v) is 4.10. The number of nitrogens with one attached hydrogen (secondary N) is 1. The SMILES string of the molecule is CCNc1cnc(C(=O)N2CCN3CCCC3C2)cn1. The minimum atomic E-state index is 0.00657. The van der Waals surface area contributed by atoms with Crippen LogP contribution in [0.3, 0.4) is 0 Å². The molecular weight excluding hydrogens is 254 g/mol. The molecule has 6 heteroatoms. The molecule has 3 heterocycles. The number of fused-ring (bicyclic) bond motifs is 1. The average Bonchev–Trinajstić information content (AvgIpc) is 2.95. The molecule has 2 fully saturated rings. The van der Waals surface area contributed by atoms with E-state index in [1.165, 1.54) is 19.4 Å². The van der Waals surface area contributed by atoms with E-state index >= 15 is 0 Å². The van der Waals surface area contributed by atoms with Crippen LogP contribution in [0.15, 0.2) is 12.4 Å². The van der Waals surface area contributed by atoms with Crippen molar-refractivity contribution in [3.05, 3.63) is 18.1 Å². The molecule has 6 nitrogen and oxygen atoms in total. The molecule has 2 saturated heterocycles. The molecule has 0 saturated carbocycles. The second kappa shape index (κ2) is 5.75. The number of hydrogen-bond donors (Lipinski definition) is 1. The molecule has 1 amide bonds. The fraction of sp³-hybridized carbons (Fsp3) is 0.643. The van der Waals surface area contributed by atoms with Crippen molar-refractivity contribution in [2.45, 2.75) is 25.8 Å². The Bertz CT molecular complexity index is 475. The van der Waals surface area contributed by atoms with Crippen LogP contribution in [0, 0.1) is 0 Å². The van der Waals surface area contributed by atoms with Gasteiger partial charge in [-0.1, -0.05) is 0 Å². The molecule has 0 aliphatic carbocycles. The lowest BCUT2D eigenvalue weighted by Gasteiger charge is -2.37. The average molecular weight is 275 g/mol. The van der Waals surface area contributed by atoms with Crippen LogP contribution in [-0.2, 0) is 0 Å². The van der Waals surface area contributed by atoms with Gasteiger partial charge in [0, 0.05) is 32.2 Å². The van der Waals surface area contributed by atoms with E-state index in [2.05, 4.69) is 20.2 Å². The van der Waals surface area contributed by atoms with Crippen LogP contribution < -0.4 is 5.32 Å². The molecule has 1 atom stereocenters. The Labute approximate surface area is 119 Å². The maximum Gasteiger partial charge on any atom is 0.274 e. The number of hydrogen-bond acceptors (Lipinski definition) is 5. The van der Waals surface area contributed by atoms with Crippen LogP contribution in [-0.4, -0.2) is 64.4 Å². The molecule has 1 unspecified atom stereocenters. The van der Waals surface area contributed by atoms with Gasteiger partial charge in [0.15, 0.2) is 0 Å². The molecular formula is C14H21N5O. The molecule has 0 spiro atoms. The summed E-state index contributed by atoms with van der Waals surface area (Å²) in [4.78, 5) is 25.3. The summed E-state index contributed by atoms with van der Waals surface area (Å²) in [6.45, 7) is 6.60. The highest BCUT2D eigenvalue weighted by Gasteiger charge is 2.33. The van der Waals surface area contributed by atoms with Crippen molar-refractivity contribution in [3.8, 4) is 0 Å². The summed E-state index contributed by atoms with van der Waals surface area (Å²) in [5.41, 5.74) is 0.443. The number of nitrogens with zero attached hydrogens (tertiary/aromatic N) is 4. The van der Waals surface area contributed by atoms with E-state index in [4.69, 9.17) is 0 Å². The minimum absolute atomic E-state index is 0.00657. The maximum absolute atomic E-state index is 12.4. The number of rotatable bonds is 3. The third-order valence-electron chi connectivity index (χ3n) is 4.10.